The minimum Gasteiger partial charge on any atom is -0.457 e. The van der Waals surface area contributed by atoms with Gasteiger partial charge in [0.1, 0.15) is 17.2 Å². The number of carbonyl (C=O) groups is 1. The summed E-state index contributed by atoms with van der Waals surface area (Å²) in [5.74, 6) is 3.12. The van der Waals surface area contributed by atoms with Crippen molar-refractivity contribution in [2.24, 2.45) is 5.73 Å². The zero-order valence-corrected chi connectivity index (χ0v) is 18.8. The minimum atomic E-state index is -0.00439. The Bertz CT molecular complexity index is 1150. The molecule has 0 saturated carbocycles. The monoisotopic (exact) mass is 457 g/mol. The first kappa shape index (κ1) is 21.9. The maximum Gasteiger partial charge on any atom is 0.246 e. The van der Waals surface area contributed by atoms with E-state index in [1.165, 1.54) is 6.08 Å². The van der Waals surface area contributed by atoms with Gasteiger partial charge in [0.2, 0.25) is 17.7 Å². The molecule has 2 unspecified atom stereocenters. The second-order valence-corrected chi connectivity index (χ2v) is 8.43. The average Bonchev–Trinajstić information content (AvgIpc) is 3.14. The molecule has 2 saturated heterocycles. The van der Waals surface area contributed by atoms with Crippen LogP contribution in [0.25, 0.3) is 0 Å². The molecule has 2 N–H and O–H groups in total. The van der Waals surface area contributed by atoms with Crippen LogP contribution in [0.3, 0.4) is 0 Å². The summed E-state index contributed by atoms with van der Waals surface area (Å²) in [5.41, 5.74) is 6.64. The van der Waals surface area contributed by atoms with E-state index in [1.54, 1.807) is 6.20 Å². The van der Waals surface area contributed by atoms with Crippen LogP contribution in [0.1, 0.15) is 18.4 Å². The second kappa shape index (κ2) is 9.52. The maximum absolute atomic E-state index is 12.3. The summed E-state index contributed by atoms with van der Waals surface area (Å²) in [6.45, 7) is 5.27. The molecule has 1 aromatic heterocycles. The number of hydrogen-bond donors (Lipinski definition) is 1. The van der Waals surface area contributed by atoms with Crippen molar-refractivity contribution < 1.29 is 14.3 Å². The van der Waals surface area contributed by atoms with E-state index in [1.807, 2.05) is 59.5 Å². The molecule has 2 aliphatic heterocycles. The summed E-state index contributed by atoms with van der Waals surface area (Å²) >= 11 is 0. The number of piperazine rings is 1. The number of carbonyl (C=O) groups excluding carboxylic acids is 1. The van der Waals surface area contributed by atoms with Crippen LogP contribution in [-0.4, -0.2) is 45.9 Å². The Kier molecular flexibility index (Phi) is 6.14. The van der Waals surface area contributed by atoms with E-state index in [0.29, 0.717) is 36.4 Å². The van der Waals surface area contributed by atoms with Gasteiger partial charge in [0.05, 0.1) is 12.1 Å². The van der Waals surface area contributed by atoms with Crippen molar-refractivity contribution in [2.75, 3.05) is 18.0 Å². The Balaban J connectivity index is 1.31. The van der Waals surface area contributed by atoms with E-state index < -0.39 is 0 Å². The molecule has 8 nitrogen and oxygen atoms in total. The van der Waals surface area contributed by atoms with Gasteiger partial charge < -0.3 is 25.0 Å². The number of aromatic nitrogens is 2. The molecule has 2 aromatic carbocycles. The van der Waals surface area contributed by atoms with Crippen LogP contribution in [0.2, 0.25) is 0 Å². The number of nitrogens with zero attached hydrogens (tertiary/aromatic N) is 4. The largest absolute Gasteiger partial charge is 0.457 e. The molecule has 0 spiro atoms. The molecule has 3 aromatic rings. The quantitative estimate of drug-likeness (QED) is 0.538. The third kappa shape index (κ3) is 4.45. The van der Waals surface area contributed by atoms with Gasteiger partial charge in [0.25, 0.3) is 0 Å². The Morgan fingerprint density at radius 1 is 1.00 bits per heavy atom. The van der Waals surface area contributed by atoms with Crippen LogP contribution >= 0.6 is 0 Å². The molecule has 174 valence electrons. The van der Waals surface area contributed by atoms with Crippen LogP contribution in [0.4, 0.5) is 5.95 Å². The average molecular weight is 458 g/mol. The van der Waals surface area contributed by atoms with Gasteiger partial charge in [-0.15, -0.1) is 0 Å². The lowest BCUT2D eigenvalue weighted by Crippen LogP contribution is -2.55. The fourth-order valence-corrected chi connectivity index (χ4v) is 4.61. The Morgan fingerprint density at radius 3 is 2.24 bits per heavy atom. The number of para-hydroxylation sites is 1. The van der Waals surface area contributed by atoms with Gasteiger partial charge in [0, 0.05) is 31.4 Å². The summed E-state index contributed by atoms with van der Waals surface area (Å²) < 4.78 is 11.9. The second-order valence-electron chi connectivity index (χ2n) is 8.43. The summed E-state index contributed by atoms with van der Waals surface area (Å²) in [6.07, 6.45) is 5.06. The fraction of sp³-hybridized carbons (Fsp3) is 0.269. The number of rotatable bonds is 7. The first-order valence-electron chi connectivity index (χ1n) is 11.4. The highest BCUT2D eigenvalue weighted by Crippen LogP contribution is 2.33. The first-order chi connectivity index (χ1) is 16.6. The predicted molar refractivity (Wildman–Crippen MR) is 129 cm³/mol. The number of benzene rings is 2. The van der Waals surface area contributed by atoms with E-state index in [4.69, 9.17) is 20.2 Å². The topological polar surface area (TPSA) is 93.8 Å². The summed E-state index contributed by atoms with van der Waals surface area (Å²) in [7, 11) is 0. The number of fused-ring (bicyclic) bond motifs is 2. The molecule has 2 aliphatic rings. The molecule has 2 bridgehead atoms. The molecular weight excluding hydrogens is 430 g/mol. The van der Waals surface area contributed by atoms with Crippen molar-refractivity contribution in [3.63, 3.8) is 0 Å². The van der Waals surface area contributed by atoms with Crippen molar-refractivity contribution in [2.45, 2.75) is 31.5 Å². The first-order valence-corrected chi connectivity index (χ1v) is 11.4. The lowest BCUT2D eigenvalue weighted by Gasteiger charge is -2.40. The lowest BCUT2D eigenvalue weighted by atomic mass is 10.2. The summed E-state index contributed by atoms with van der Waals surface area (Å²) in [4.78, 5) is 25.6. The highest BCUT2D eigenvalue weighted by atomic mass is 16.5. The fourth-order valence-electron chi connectivity index (χ4n) is 4.61. The number of ether oxygens (including phenoxy) is 2. The predicted octanol–water partition coefficient (Wildman–Crippen LogP) is 3.89. The third-order valence-electron chi connectivity index (χ3n) is 6.24. The van der Waals surface area contributed by atoms with Crippen molar-refractivity contribution in [1.29, 1.82) is 0 Å². The number of amides is 1. The maximum atomic E-state index is 12.3. The molecule has 5 rings (SSSR count). The number of hydrogen-bond acceptors (Lipinski definition) is 7. The molecule has 2 fully saturated rings. The Morgan fingerprint density at radius 2 is 1.62 bits per heavy atom. The van der Waals surface area contributed by atoms with Gasteiger partial charge in [-0.3, -0.25) is 4.79 Å². The van der Waals surface area contributed by atoms with Gasteiger partial charge >= 0.3 is 0 Å². The van der Waals surface area contributed by atoms with E-state index in [2.05, 4.69) is 16.5 Å². The van der Waals surface area contributed by atoms with Crippen LogP contribution in [0.5, 0.6) is 23.1 Å². The summed E-state index contributed by atoms with van der Waals surface area (Å²) in [6, 6.07) is 17.2. The van der Waals surface area contributed by atoms with Crippen LogP contribution in [0.15, 0.2) is 73.4 Å². The Labute approximate surface area is 198 Å². The Hall–Kier alpha value is -3.91. The van der Waals surface area contributed by atoms with E-state index in [-0.39, 0.29) is 24.5 Å². The van der Waals surface area contributed by atoms with E-state index in [9.17, 15) is 4.79 Å². The molecule has 2 atom stereocenters. The van der Waals surface area contributed by atoms with Gasteiger partial charge in [-0.1, -0.05) is 24.8 Å². The van der Waals surface area contributed by atoms with Gasteiger partial charge in [-0.2, -0.15) is 4.98 Å². The zero-order chi connectivity index (χ0) is 23.5. The number of anilines is 1. The van der Waals surface area contributed by atoms with Gasteiger partial charge in [0.15, 0.2) is 0 Å². The van der Waals surface area contributed by atoms with Gasteiger partial charge in [-0.05, 0) is 55.3 Å². The van der Waals surface area contributed by atoms with Crippen molar-refractivity contribution >= 4 is 11.9 Å². The van der Waals surface area contributed by atoms with Crippen molar-refractivity contribution in [1.82, 2.24) is 14.9 Å². The van der Waals surface area contributed by atoms with Gasteiger partial charge in [-0.25, -0.2) is 4.98 Å². The highest BCUT2D eigenvalue weighted by molar-refractivity contribution is 5.88. The number of nitrogens with two attached hydrogens (primary N) is 1. The normalized spacial score (nSPS) is 19.1. The molecular formula is C26H27N5O3. The molecule has 0 radical (unpaired) electrons. The molecule has 34 heavy (non-hydrogen) atoms. The van der Waals surface area contributed by atoms with E-state index in [0.717, 1.165) is 24.2 Å². The smallest absolute Gasteiger partial charge is 0.246 e. The van der Waals surface area contributed by atoms with Crippen LogP contribution in [0, 0.1) is 0 Å². The van der Waals surface area contributed by atoms with Crippen molar-refractivity contribution in [3.05, 3.63) is 79.0 Å². The molecule has 0 aliphatic carbocycles. The zero-order valence-electron chi connectivity index (χ0n) is 18.8. The summed E-state index contributed by atoms with van der Waals surface area (Å²) in [5, 5.41) is 0. The van der Waals surface area contributed by atoms with Crippen LogP contribution in [-0.2, 0) is 11.3 Å². The van der Waals surface area contributed by atoms with E-state index >= 15 is 0 Å². The third-order valence-corrected chi connectivity index (χ3v) is 6.24. The molecule has 1 amide bonds. The van der Waals surface area contributed by atoms with Crippen molar-refractivity contribution in [3.8, 4) is 23.1 Å². The molecule has 3 heterocycles. The van der Waals surface area contributed by atoms with Crippen LogP contribution < -0.4 is 20.1 Å². The highest BCUT2D eigenvalue weighted by Gasteiger charge is 2.42. The standard InChI is InChI=1S/C26H27N5O3/c1-2-24(32)31-19-8-9-20(31)17-30(16-19)26-28-15-18(14-27)25(29-26)34-23-12-10-22(11-13-23)33-21-6-4-3-5-7-21/h2-7,10-13,15,19-20H,1,8-9,14,16-17,27H2. The molecule has 8 heteroatoms. The minimum absolute atomic E-state index is 0.00439. The SMILES string of the molecule is C=CC(=O)N1C2CCC1CN(c1ncc(CN)c(Oc3ccc(Oc4ccccc4)cc3)n1)C2. The lowest BCUT2D eigenvalue weighted by molar-refractivity contribution is -0.129.